The van der Waals surface area contributed by atoms with Crippen molar-refractivity contribution in [3.05, 3.63) is 40.5 Å². The number of rotatable bonds is 3. The predicted molar refractivity (Wildman–Crippen MR) is 87.2 cm³/mol. The van der Waals surface area contributed by atoms with E-state index < -0.39 is 0 Å². The van der Waals surface area contributed by atoms with Gasteiger partial charge in [0.05, 0.1) is 12.5 Å². The van der Waals surface area contributed by atoms with E-state index in [0.717, 1.165) is 40.4 Å². The summed E-state index contributed by atoms with van der Waals surface area (Å²) in [7, 11) is 1.65. The van der Waals surface area contributed by atoms with Crippen molar-refractivity contribution in [2.75, 3.05) is 7.11 Å². The van der Waals surface area contributed by atoms with E-state index in [1.54, 1.807) is 18.4 Å². The normalized spacial score (nSPS) is 13.4. The van der Waals surface area contributed by atoms with Crippen LogP contribution in [0, 0.1) is 6.92 Å². The second-order valence-electron chi connectivity index (χ2n) is 5.39. The summed E-state index contributed by atoms with van der Waals surface area (Å²) in [6, 6.07) is 7.60. The zero-order valence-corrected chi connectivity index (χ0v) is 13.4. The number of thiophene rings is 1. The molecule has 4 nitrogen and oxygen atoms in total. The molecule has 1 aliphatic carbocycles. The molecule has 1 aliphatic rings. The molecular weight excluding hydrogens is 296 g/mol. The quantitative estimate of drug-likeness (QED) is 0.723. The minimum absolute atomic E-state index is 0.662. The van der Waals surface area contributed by atoms with Gasteiger partial charge in [0, 0.05) is 10.9 Å². The molecule has 2 aromatic heterocycles. The number of nitrogens with zero attached hydrogens (tertiary/aromatic N) is 2. The van der Waals surface area contributed by atoms with Gasteiger partial charge in [0.15, 0.2) is 0 Å². The first kappa shape index (κ1) is 13.5. The van der Waals surface area contributed by atoms with Crippen LogP contribution in [0.2, 0.25) is 0 Å². The molecule has 22 heavy (non-hydrogen) atoms. The third-order valence-electron chi connectivity index (χ3n) is 3.90. The molecule has 112 valence electrons. The second-order valence-corrected chi connectivity index (χ2v) is 6.48. The third-order valence-corrected chi connectivity index (χ3v) is 5.08. The maximum Gasteiger partial charge on any atom is 0.231 e. The summed E-state index contributed by atoms with van der Waals surface area (Å²) in [5.74, 6) is 2.91. The highest BCUT2D eigenvalue weighted by atomic mass is 32.1. The van der Waals surface area contributed by atoms with Crippen LogP contribution in [0.25, 0.3) is 10.2 Å². The van der Waals surface area contributed by atoms with Gasteiger partial charge in [0.25, 0.3) is 0 Å². The summed E-state index contributed by atoms with van der Waals surface area (Å²) in [6.07, 6.45) is 3.45. The molecule has 5 heteroatoms. The van der Waals surface area contributed by atoms with Crippen LogP contribution < -0.4 is 9.47 Å². The fourth-order valence-corrected chi connectivity index (χ4v) is 4.21. The number of hydrogen-bond donors (Lipinski definition) is 0. The van der Waals surface area contributed by atoms with Gasteiger partial charge in [-0.15, -0.1) is 11.3 Å². The number of fused-ring (bicyclic) bond motifs is 3. The average Bonchev–Trinajstić information content (AvgIpc) is 3.07. The van der Waals surface area contributed by atoms with Crippen molar-refractivity contribution in [3.63, 3.8) is 0 Å². The first-order valence-corrected chi connectivity index (χ1v) is 8.17. The number of aromatic nitrogens is 2. The molecule has 0 N–H and O–H groups in total. The van der Waals surface area contributed by atoms with E-state index in [-0.39, 0.29) is 0 Å². The molecule has 0 fully saturated rings. The highest BCUT2D eigenvalue weighted by Gasteiger charge is 2.22. The first-order chi connectivity index (χ1) is 10.7. The predicted octanol–water partition coefficient (Wildman–Crippen LogP) is 4.29. The van der Waals surface area contributed by atoms with Gasteiger partial charge in [0.1, 0.15) is 22.2 Å². The summed E-state index contributed by atoms with van der Waals surface area (Å²) in [6.45, 7) is 1.91. The van der Waals surface area contributed by atoms with Crippen LogP contribution in [-0.2, 0) is 12.8 Å². The van der Waals surface area contributed by atoms with Crippen molar-refractivity contribution < 1.29 is 9.47 Å². The van der Waals surface area contributed by atoms with Crippen molar-refractivity contribution in [1.29, 1.82) is 0 Å². The molecule has 0 saturated carbocycles. The van der Waals surface area contributed by atoms with Crippen molar-refractivity contribution in [2.45, 2.75) is 26.2 Å². The van der Waals surface area contributed by atoms with Crippen molar-refractivity contribution >= 4 is 21.6 Å². The lowest BCUT2D eigenvalue weighted by atomic mass is 10.2. The van der Waals surface area contributed by atoms with Gasteiger partial charge >= 0.3 is 0 Å². The molecule has 0 radical (unpaired) electrons. The molecule has 4 rings (SSSR count). The SMILES string of the molecule is COc1cccc(Oc2nc(C)nc3sc4c(c23)CCC4)c1. The average molecular weight is 312 g/mol. The summed E-state index contributed by atoms with van der Waals surface area (Å²) in [5.41, 5.74) is 1.37. The van der Waals surface area contributed by atoms with Gasteiger partial charge < -0.3 is 9.47 Å². The molecule has 0 atom stereocenters. The second kappa shape index (κ2) is 5.25. The molecule has 0 bridgehead atoms. The molecule has 0 amide bonds. The fourth-order valence-electron chi connectivity index (χ4n) is 2.91. The van der Waals surface area contributed by atoms with E-state index in [4.69, 9.17) is 9.47 Å². The smallest absolute Gasteiger partial charge is 0.231 e. The Morgan fingerprint density at radius 3 is 2.86 bits per heavy atom. The summed E-state index contributed by atoms with van der Waals surface area (Å²) >= 11 is 1.78. The Morgan fingerprint density at radius 2 is 2.00 bits per heavy atom. The topological polar surface area (TPSA) is 44.2 Å². The zero-order valence-electron chi connectivity index (χ0n) is 12.5. The molecule has 0 aliphatic heterocycles. The fraction of sp³-hybridized carbons (Fsp3) is 0.294. The lowest BCUT2D eigenvalue weighted by molar-refractivity contribution is 0.408. The maximum absolute atomic E-state index is 6.07. The number of hydrogen-bond acceptors (Lipinski definition) is 5. The molecule has 3 aromatic rings. The van der Waals surface area contributed by atoms with Gasteiger partial charge in [-0.25, -0.2) is 4.98 Å². The molecule has 2 heterocycles. The lowest BCUT2D eigenvalue weighted by Gasteiger charge is -2.09. The van der Waals surface area contributed by atoms with Crippen LogP contribution >= 0.6 is 11.3 Å². The summed E-state index contributed by atoms with van der Waals surface area (Å²) in [4.78, 5) is 11.6. The largest absolute Gasteiger partial charge is 0.497 e. The van der Waals surface area contributed by atoms with E-state index in [1.165, 1.54) is 16.9 Å². The van der Waals surface area contributed by atoms with E-state index in [9.17, 15) is 0 Å². The van der Waals surface area contributed by atoms with E-state index in [0.29, 0.717) is 5.88 Å². The standard InChI is InChI=1S/C17H16N2O2S/c1-10-18-16(21-12-6-3-5-11(9-12)20-2)15-13-7-4-8-14(13)22-17(15)19-10/h3,5-6,9H,4,7-8H2,1-2H3. The van der Waals surface area contributed by atoms with Gasteiger partial charge in [-0.3, -0.25) is 0 Å². The van der Waals surface area contributed by atoms with Crippen LogP contribution in [-0.4, -0.2) is 17.1 Å². The monoisotopic (exact) mass is 312 g/mol. The zero-order chi connectivity index (χ0) is 15.1. The molecule has 1 aromatic carbocycles. The Morgan fingerprint density at radius 1 is 1.14 bits per heavy atom. The summed E-state index contributed by atoms with van der Waals surface area (Å²) < 4.78 is 11.3. The number of benzene rings is 1. The number of methoxy groups -OCH3 is 1. The van der Waals surface area contributed by atoms with Gasteiger partial charge in [-0.05, 0) is 43.9 Å². The Bertz CT molecular complexity index is 857. The molecule has 0 unspecified atom stereocenters. The van der Waals surface area contributed by atoms with Crippen molar-refractivity contribution in [2.24, 2.45) is 0 Å². The third kappa shape index (κ3) is 2.22. The maximum atomic E-state index is 6.07. The Kier molecular flexibility index (Phi) is 3.22. The van der Waals surface area contributed by atoms with E-state index in [2.05, 4.69) is 9.97 Å². The Hall–Kier alpha value is -2.14. The molecule has 0 saturated heterocycles. The van der Waals surface area contributed by atoms with Crippen LogP contribution in [0.5, 0.6) is 17.4 Å². The van der Waals surface area contributed by atoms with Gasteiger partial charge in [-0.2, -0.15) is 4.98 Å². The van der Waals surface area contributed by atoms with E-state index in [1.807, 2.05) is 31.2 Å². The van der Waals surface area contributed by atoms with Crippen LogP contribution in [0.1, 0.15) is 22.7 Å². The van der Waals surface area contributed by atoms with Crippen molar-refractivity contribution in [3.8, 4) is 17.4 Å². The highest BCUT2D eigenvalue weighted by Crippen LogP contribution is 2.41. The van der Waals surface area contributed by atoms with Gasteiger partial charge in [0.2, 0.25) is 5.88 Å². The van der Waals surface area contributed by atoms with Crippen LogP contribution in [0.3, 0.4) is 0 Å². The molecule has 0 spiro atoms. The molecular formula is C17H16N2O2S. The van der Waals surface area contributed by atoms with Gasteiger partial charge in [-0.1, -0.05) is 6.07 Å². The first-order valence-electron chi connectivity index (χ1n) is 7.35. The Balaban J connectivity index is 1.83. The number of aryl methyl sites for hydroxylation is 3. The van der Waals surface area contributed by atoms with E-state index >= 15 is 0 Å². The highest BCUT2D eigenvalue weighted by molar-refractivity contribution is 7.19. The Labute approximate surface area is 132 Å². The minimum atomic E-state index is 0.662. The number of ether oxygens (including phenoxy) is 2. The van der Waals surface area contributed by atoms with Crippen LogP contribution in [0.4, 0.5) is 0 Å². The lowest BCUT2D eigenvalue weighted by Crippen LogP contribution is -1.95. The van der Waals surface area contributed by atoms with Crippen LogP contribution in [0.15, 0.2) is 24.3 Å². The summed E-state index contributed by atoms with van der Waals surface area (Å²) in [5, 5.41) is 1.09. The minimum Gasteiger partial charge on any atom is -0.497 e. The van der Waals surface area contributed by atoms with Crippen molar-refractivity contribution in [1.82, 2.24) is 9.97 Å².